The standard InChI is InChI=1S/C6H9F3O3/c1-3-12-5(2,4(10)11)6(7,8)9/h3H2,1-2H3,(H,10,11). The van der Waals surface area contributed by atoms with E-state index in [0.717, 1.165) is 0 Å². The Labute approximate surface area is 67.1 Å². The molecule has 0 aliphatic carbocycles. The predicted molar refractivity (Wildman–Crippen MR) is 33.7 cm³/mol. The average Bonchev–Trinajstić information content (AvgIpc) is 1.85. The molecule has 0 heterocycles. The van der Waals surface area contributed by atoms with Crippen LogP contribution in [0.4, 0.5) is 13.2 Å². The maximum absolute atomic E-state index is 12.0. The Bertz CT molecular complexity index is 177. The molecule has 1 unspecified atom stereocenters. The zero-order chi connectivity index (χ0) is 9.99. The van der Waals surface area contributed by atoms with Crippen molar-refractivity contribution in [2.75, 3.05) is 6.61 Å². The van der Waals surface area contributed by atoms with E-state index in [1.165, 1.54) is 6.92 Å². The van der Waals surface area contributed by atoms with Gasteiger partial charge in [-0.05, 0) is 13.8 Å². The van der Waals surface area contributed by atoms with Gasteiger partial charge in [-0.15, -0.1) is 0 Å². The normalized spacial score (nSPS) is 17.1. The number of hydrogen-bond acceptors (Lipinski definition) is 2. The smallest absolute Gasteiger partial charge is 0.428 e. The van der Waals surface area contributed by atoms with Gasteiger partial charge in [0.1, 0.15) is 0 Å². The minimum atomic E-state index is -4.89. The number of carboxylic acids is 1. The molecule has 6 heteroatoms. The van der Waals surface area contributed by atoms with E-state index in [1.807, 2.05) is 0 Å². The Morgan fingerprint density at radius 2 is 1.92 bits per heavy atom. The Morgan fingerprint density at radius 1 is 1.50 bits per heavy atom. The molecule has 12 heavy (non-hydrogen) atoms. The van der Waals surface area contributed by atoms with E-state index in [1.54, 1.807) is 0 Å². The van der Waals surface area contributed by atoms with Gasteiger partial charge in [0.25, 0.3) is 5.60 Å². The molecular formula is C6H9F3O3. The highest BCUT2D eigenvalue weighted by atomic mass is 19.4. The van der Waals surface area contributed by atoms with Gasteiger partial charge in [-0.3, -0.25) is 0 Å². The highest BCUT2D eigenvalue weighted by molar-refractivity contribution is 5.78. The van der Waals surface area contributed by atoms with Crippen molar-refractivity contribution in [2.45, 2.75) is 25.6 Å². The molecule has 0 aliphatic rings. The molecule has 1 N–H and O–H groups in total. The number of carbonyl (C=O) groups is 1. The van der Waals surface area contributed by atoms with E-state index < -0.39 is 17.7 Å². The molecule has 72 valence electrons. The number of carboxylic acid groups (broad SMARTS) is 1. The summed E-state index contributed by atoms with van der Waals surface area (Å²) in [5.41, 5.74) is -3.10. The molecule has 0 saturated carbocycles. The van der Waals surface area contributed by atoms with E-state index in [4.69, 9.17) is 5.11 Å². The molecule has 1 atom stereocenters. The molecule has 0 fully saturated rings. The molecule has 0 aromatic carbocycles. The summed E-state index contributed by atoms with van der Waals surface area (Å²) in [6, 6.07) is 0. The first-order valence-corrected chi connectivity index (χ1v) is 3.19. The molecule has 0 aromatic heterocycles. The SMILES string of the molecule is CCOC(C)(C(=O)O)C(F)(F)F. The first-order valence-electron chi connectivity index (χ1n) is 3.19. The van der Waals surface area contributed by atoms with Crippen molar-refractivity contribution >= 4 is 5.97 Å². The fourth-order valence-electron chi connectivity index (χ4n) is 0.553. The molecule has 0 bridgehead atoms. The van der Waals surface area contributed by atoms with Crippen LogP contribution in [-0.2, 0) is 9.53 Å². The summed E-state index contributed by atoms with van der Waals surface area (Å²) in [6.07, 6.45) is -4.89. The van der Waals surface area contributed by atoms with Crippen molar-refractivity contribution in [3.05, 3.63) is 0 Å². The third-order valence-corrected chi connectivity index (χ3v) is 1.38. The fourth-order valence-corrected chi connectivity index (χ4v) is 0.553. The number of halogens is 3. The Hall–Kier alpha value is -0.780. The van der Waals surface area contributed by atoms with Crippen molar-refractivity contribution in [1.82, 2.24) is 0 Å². The van der Waals surface area contributed by atoms with Gasteiger partial charge in [0.2, 0.25) is 0 Å². The second kappa shape index (κ2) is 3.30. The molecular weight excluding hydrogens is 177 g/mol. The quantitative estimate of drug-likeness (QED) is 0.725. The Kier molecular flexibility index (Phi) is 3.09. The number of aliphatic carboxylic acids is 1. The van der Waals surface area contributed by atoms with Crippen LogP contribution in [0, 0.1) is 0 Å². The van der Waals surface area contributed by atoms with Crippen LogP contribution in [0.2, 0.25) is 0 Å². The molecule has 0 spiro atoms. The van der Waals surface area contributed by atoms with E-state index in [-0.39, 0.29) is 6.61 Å². The summed E-state index contributed by atoms with van der Waals surface area (Å²) in [5.74, 6) is -2.03. The van der Waals surface area contributed by atoms with Crippen molar-refractivity contribution in [3.8, 4) is 0 Å². The largest absolute Gasteiger partial charge is 0.479 e. The van der Waals surface area contributed by atoms with Gasteiger partial charge < -0.3 is 9.84 Å². The first-order chi connectivity index (χ1) is 5.25. The summed E-state index contributed by atoms with van der Waals surface area (Å²) in [7, 11) is 0. The summed E-state index contributed by atoms with van der Waals surface area (Å²) in [6.45, 7) is 1.48. The molecule has 0 aliphatic heterocycles. The van der Waals surface area contributed by atoms with E-state index in [9.17, 15) is 18.0 Å². The van der Waals surface area contributed by atoms with Gasteiger partial charge in [-0.25, -0.2) is 4.79 Å². The number of rotatable bonds is 3. The maximum atomic E-state index is 12.0. The zero-order valence-electron chi connectivity index (χ0n) is 6.60. The second-order valence-electron chi connectivity index (χ2n) is 2.27. The molecule has 3 nitrogen and oxygen atoms in total. The first kappa shape index (κ1) is 11.2. The third-order valence-electron chi connectivity index (χ3n) is 1.38. The topological polar surface area (TPSA) is 46.5 Å². The number of ether oxygens (including phenoxy) is 1. The van der Waals surface area contributed by atoms with E-state index in [2.05, 4.69) is 4.74 Å². The summed E-state index contributed by atoms with van der Waals surface area (Å²) >= 11 is 0. The van der Waals surface area contributed by atoms with Crippen molar-refractivity contribution in [2.24, 2.45) is 0 Å². The van der Waals surface area contributed by atoms with Gasteiger partial charge in [0.15, 0.2) is 0 Å². The van der Waals surface area contributed by atoms with Gasteiger partial charge in [-0.2, -0.15) is 13.2 Å². The lowest BCUT2D eigenvalue weighted by Gasteiger charge is -2.26. The highest BCUT2D eigenvalue weighted by Gasteiger charge is 2.58. The lowest BCUT2D eigenvalue weighted by atomic mass is 10.1. The van der Waals surface area contributed by atoms with Gasteiger partial charge in [-0.1, -0.05) is 0 Å². The van der Waals surface area contributed by atoms with Crippen LogP contribution >= 0.6 is 0 Å². The molecule has 0 rings (SSSR count). The predicted octanol–water partition coefficient (Wildman–Crippen LogP) is 1.43. The molecule has 0 radical (unpaired) electrons. The summed E-state index contributed by atoms with van der Waals surface area (Å²) < 4.78 is 40.2. The third kappa shape index (κ3) is 1.88. The molecule has 0 saturated heterocycles. The van der Waals surface area contributed by atoms with Crippen LogP contribution < -0.4 is 0 Å². The van der Waals surface area contributed by atoms with Crippen LogP contribution in [0.15, 0.2) is 0 Å². The van der Waals surface area contributed by atoms with Gasteiger partial charge >= 0.3 is 12.1 Å². The van der Waals surface area contributed by atoms with Crippen LogP contribution in [0.1, 0.15) is 13.8 Å². The monoisotopic (exact) mass is 186 g/mol. The minimum Gasteiger partial charge on any atom is -0.479 e. The second-order valence-corrected chi connectivity index (χ2v) is 2.27. The Balaban J connectivity index is 4.75. The minimum absolute atomic E-state index is 0.303. The van der Waals surface area contributed by atoms with E-state index in [0.29, 0.717) is 6.92 Å². The average molecular weight is 186 g/mol. The van der Waals surface area contributed by atoms with Crippen LogP contribution in [0.25, 0.3) is 0 Å². The van der Waals surface area contributed by atoms with Gasteiger partial charge in [0.05, 0.1) is 0 Å². The maximum Gasteiger partial charge on any atom is 0.428 e. The van der Waals surface area contributed by atoms with Crippen LogP contribution in [-0.4, -0.2) is 29.5 Å². The van der Waals surface area contributed by atoms with Crippen molar-refractivity contribution in [3.63, 3.8) is 0 Å². The van der Waals surface area contributed by atoms with Crippen molar-refractivity contribution < 1.29 is 27.8 Å². The highest BCUT2D eigenvalue weighted by Crippen LogP contribution is 2.33. The number of hydrogen-bond donors (Lipinski definition) is 1. The van der Waals surface area contributed by atoms with Crippen LogP contribution in [0.3, 0.4) is 0 Å². The lowest BCUT2D eigenvalue weighted by Crippen LogP contribution is -2.51. The number of alkyl halides is 3. The van der Waals surface area contributed by atoms with Crippen LogP contribution in [0.5, 0.6) is 0 Å². The summed E-state index contributed by atoms with van der Waals surface area (Å²) in [5, 5.41) is 8.25. The van der Waals surface area contributed by atoms with Gasteiger partial charge in [0, 0.05) is 6.61 Å². The molecule has 0 aromatic rings. The van der Waals surface area contributed by atoms with Crippen molar-refractivity contribution in [1.29, 1.82) is 0 Å². The lowest BCUT2D eigenvalue weighted by molar-refractivity contribution is -0.267. The van der Waals surface area contributed by atoms with E-state index >= 15 is 0 Å². The Morgan fingerprint density at radius 3 is 2.00 bits per heavy atom. The zero-order valence-corrected chi connectivity index (χ0v) is 6.60. The molecule has 0 amide bonds. The fraction of sp³-hybridized carbons (Fsp3) is 0.833. The summed E-state index contributed by atoms with van der Waals surface area (Å²) in [4.78, 5) is 10.2.